The van der Waals surface area contributed by atoms with Gasteiger partial charge in [0.15, 0.2) is 42.9 Å². The average Bonchev–Trinajstić information content (AvgIpc) is 3.26. The predicted molar refractivity (Wildman–Crippen MR) is 221 cm³/mol. The van der Waals surface area contributed by atoms with Crippen LogP contribution in [0.5, 0.6) is 0 Å². The highest BCUT2D eigenvalue weighted by Gasteiger charge is 2.57. The zero-order valence-electron chi connectivity index (χ0n) is 33.2. The molecule has 0 aliphatic carbocycles. The van der Waals surface area contributed by atoms with Crippen LogP contribution in [0.3, 0.4) is 0 Å². The molecule has 2 aliphatic heterocycles. The van der Waals surface area contributed by atoms with E-state index in [1.807, 2.05) is 0 Å². The number of hydrogen-bond acceptors (Lipinski definition) is 15. The van der Waals surface area contributed by atoms with Crippen molar-refractivity contribution in [2.45, 2.75) is 86.0 Å². The molecule has 2 saturated heterocycles. The van der Waals surface area contributed by atoms with E-state index in [1.54, 1.807) is 72.8 Å². The van der Waals surface area contributed by atoms with Gasteiger partial charge in [0.2, 0.25) is 12.2 Å². The molecule has 2 aliphatic rings. The molecule has 1 N–H and O–H groups in total. The number of halogens is 3. The van der Waals surface area contributed by atoms with E-state index in [-0.39, 0.29) is 22.3 Å². The first-order valence-corrected chi connectivity index (χ1v) is 20.2. The summed E-state index contributed by atoms with van der Waals surface area (Å²) in [5, 5.41) is 8.39. The van der Waals surface area contributed by atoms with Crippen LogP contribution in [0, 0.1) is 5.41 Å². The lowest BCUT2D eigenvalue weighted by molar-refractivity contribution is -0.352. The number of hydrogen-bond donors (Lipinski definition) is 1. The Morgan fingerprint density at radius 1 is 0.468 bits per heavy atom. The fourth-order valence-electron chi connectivity index (χ4n) is 6.61. The van der Waals surface area contributed by atoms with Gasteiger partial charge in [-0.1, -0.05) is 108 Å². The van der Waals surface area contributed by atoms with E-state index in [1.165, 1.54) is 62.4 Å². The molecular formula is C44H40Cl3NO14. The van der Waals surface area contributed by atoms with Gasteiger partial charge in [-0.05, 0) is 62.4 Å². The van der Waals surface area contributed by atoms with Crippen molar-refractivity contribution in [3.05, 3.63) is 144 Å². The second kappa shape index (κ2) is 20.5. The van der Waals surface area contributed by atoms with Gasteiger partial charge in [0, 0.05) is 6.92 Å². The smallest absolute Gasteiger partial charge is 0.338 e. The van der Waals surface area contributed by atoms with Crippen molar-refractivity contribution >= 4 is 70.5 Å². The Kier molecular flexibility index (Phi) is 15.2. The third-order valence-electron chi connectivity index (χ3n) is 9.55. The highest BCUT2D eigenvalue weighted by Crippen LogP contribution is 2.37. The van der Waals surface area contributed by atoms with E-state index in [2.05, 4.69) is 0 Å². The van der Waals surface area contributed by atoms with Crippen LogP contribution in [0.15, 0.2) is 121 Å². The first-order chi connectivity index (χ1) is 29.6. The van der Waals surface area contributed by atoms with Crippen molar-refractivity contribution in [3.8, 4) is 0 Å². The normalized spacial score (nSPS) is 25.9. The lowest BCUT2D eigenvalue weighted by atomic mass is 9.96. The third-order valence-corrected chi connectivity index (χ3v) is 10.1. The highest BCUT2D eigenvalue weighted by atomic mass is 35.6. The van der Waals surface area contributed by atoms with Gasteiger partial charge in [-0.3, -0.25) is 10.2 Å². The largest absolute Gasteiger partial charge is 0.455 e. The fraction of sp³-hybridized carbons (Fsp3) is 0.318. The molecule has 0 aromatic heterocycles. The minimum absolute atomic E-state index is 0.0636. The molecule has 0 spiro atoms. The van der Waals surface area contributed by atoms with Gasteiger partial charge in [-0.25, -0.2) is 19.2 Å². The fourth-order valence-corrected chi connectivity index (χ4v) is 6.74. The number of ether oxygens (including phenoxy) is 9. The summed E-state index contributed by atoms with van der Waals surface area (Å²) in [7, 11) is 0. The molecule has 6 rings (SSSR count). The maximum Gasteiger partial charge on any atom is 0.338 e. The molecule has 0 radical (unpaired) electrons. The maximum absolute atomic E-state index is 13.9. The Morgan fingerprint density at radius 3 is 1.15 bits per heavy atom. The summed E-state index contributed by atoms with van der Waals surface area (Å²) in [5.74, 6) is -5.32. The number of carbonyl (C=O) groups is 5. The lowest BCUT2D eigenvalue weighted by Crippen LogP contribution is -2.66. The maximum atomic E-state index is 13.9. The summed E-state index contributed by atoms with van der Waals surface area (Å²) in [6.07, 6.45) is -15.7. The molecule has 4 aromatic rings. The van der Waals surface area contributed by atoms with Crippen molar-refractivity contribution in [2.75, 3.05) is 0 Å². The Hall–Kier alpha value is -5.55. The molecule has 0 saturated carbocycles. The lowest BCUT2D eigenvalue weighted by Gasteiger charge is -2.48. The molecule has 4 aromatic carbocycles. The van der Waals surface area contributed by atoms with Crippen LogP contribution < -0.4 is 0 Å². The zero-order chi connectivity index (χ0) is 44.6. The monoisotopic (exact) mass is 911 g/mol. The van der Waals surface area contributed by atoms with Gasteiger partial charge in [0.1, 0.15) is 0 Å². The predicted octanol–water partition coefficient (Wildman–Crippen LogP) is 7.06. The molecule has 326 valence electrons. The standard InChI is InChI=1S/C44H40Cl3NO14/c1-24-31(57-37(50)27-16-8-4-9-17-27)33(56-26(3)49)36(42(55-24)62-43(48)44(45,46)47)61-41-35(60-40(53)30-22-14-7-15-23-30)34(59-39(52)29-20-12-6-13-21-29)32(25(2)54-41)58-38(51)28-18-10-5-11-19-28/h4-25,31-36,41-42,48H,1-3H3/t24-,25-,31-,32-,33+,34+,35+,36+,41-,42-/m0/s1. The minimum Gasteiger partial charge on any atom is -0.455 e. The summed E-state index contributed by atoms with van der Waals surface area (Å²) >= 11 is 18.0. The molecule has 18 heteroatoms. The van der Waals surface area contributed by atoms with E-state index in [0.717, 1.165) is 6.92 Å². The van der Waals surface area contributed by atoms with E-state index >= 15 is 0 Å². The summed E-state index contributed by atoms with van der Waals surface area (Å²) in [5.41, 5.74) is 0.450. The molecule has 0 unspecified atom stereocenters. The summed E-state index contributed by atoms with van der Waals surface area (Å²) in [4.78, 5) is 67.7. The Morgan fingerprint density at radius 2 is 0.790 bits per heavy atom. The third kappa shape index (κ3) is 11.5. The number of alkyl halides is 3. The van der Waals surface area contributed by atoms with Crippen molar-refractivity contribution in [3.63, 3.8) is 0 Å². The van der Waals surface area contributed by atoms with Crippen molar-refractivity contribution < 1.29 is 66.6 Å². The SMILES string of the molecule is CC(=O)O[C@@H]1[C@@H](OC(=O)c2ccccc2)[C@H](C)O[C@@H](OC(=N)C(Cl)(Cl)Cl)[C@@H]1O[C@@H]1O[C@@H](C)[C@H](OC(=O)c2ccccc2)[C@@H](OC(=O)c2ccccc2)[C@H]1OC(=O)c1ccccc1. The van der Waals surface area contributed by atoms with Crippen LogP contribution in [0.25, 0.3) is 0 Å². The molecule has 15 nitrogen and oxygen atoms in total. The minimum atomic E-state index is -2.43. The highest BCUT2D eigenvalue weighted by molar-refractivity contribution is 6.76. The molecule has 2 heterocycles. The van der Waals surface area contributed by atoms with E-state index in [9.17, 15) is 24.0 Å². The van der Waals surface area contributed by atoms with Crippen molar-refractivity contribution in [2.24, 2.45) is 0 Å². The van der Waals surface area contributed by atoms with Crippen LogP contribution in [-0.4, -0.2) is 101 Å². The number of rotatable bonds is 12. The van der Waals surface area contributed by atoms with E-state index in [0.29, 0.717) is 0 Å². The zero-order valence-corrected chi connectivity index (χ0v) is 35.4. The quantitative estimate of drug-likeness (QED) is 0.0499. The average molecular weight is 913 g/mol. The van der Waals surface area contributed by atoms with Gasteiger partial charge in [0.25, 0.3) is 3.79 Å². The Balaban J connectivity index is 1.44. The second-order valence-corrected chi connectivity index (χ2v) is 16.3. The van der Waals surface area contributed by atoms with Crippen LogP contribution in [-0.2, 0) is 47.4 Å². The number of nitrogens with one attached hydrogen (secondary N) is 1. The summed E-state index contributed by atoms with van der Waals surface area (Å²) in [6.45, 7) is 4.04. The molecule has 0 amide bonds. The summed E-state index contributed by atoms with van der Waals surface area (Å²) in [6, 6.07) is 31.5. The number of carbonyl (C=O) groups excluding carboxylic acids is 5. The molecule has 10 atom stereocenters. The van der Waals surface area contributed by atoms with Crippen LogP contribution in [0.2, 0.25) is 0 Å². The summed E-state index contributed by atoms with van der Waals surface area (Å²) < 4.78 is 52.0. The first kappa shape index (κ1) is 46.0. The van der Waals surface area contributed by atoms with E-state index in [4.69, 9.17) is 82.8 Å². The first-order valence-electron chi connectivity index (χ1n) is 19.1. The Bertz CT molecular complexity index is 2200. The molecule has 62 heavy (non-hydrogen) atoms. The van der Waals surface area contributed by atoms with Gasteiger partial charge in [0.05, 0.1) is 34.5 Å². The number of esters is 5. The molecule has 2 fully saturated rings. The van der Waals surface area contributed by atoms with Gasteiger partial charge >= 0.3 is 29.8 Å². The topological polar surface area (TPSA) is 192 Å². The second-order valence-electron chi connectivity index (χ2n) is 14.0. The Labute approximate surface area is 370 Å². The van der Waals surface area contributed by atoms with Crippen molar-refractivity contribution in [1.82, 2.24) is 0 Å². The van der Waals surface area contributed by atoms with Crippen LogP contribution in [0.4, 0.5) is 0 Å². The number of benzene rings is 4. The van der Waals surface area contributed by atoms with Crippen LogP contribution in [0.1, 0.15) is 62.2 Å². The van der Waals surface area contributed by atoms with E-state index < -0.39 is 101 Å². The van der Waals surface area contributed by atoms with Crippen LogP contribution >= 0.6 is 34.8 Å². The van der Waals surface area contributed by atoms with Gasteiger partial charge in [-0.2, -0.15) is 0 Å². The van der Waals surface area contributed by atoms with Crippen molar-refractivity contribution in [1.29, 1.82) is 5.41 Å². The molecular weight excluding hydrogens is 873 g/mol. The van der Waals surface area contributed by atoms with Gasteiger partial charge < -0.3 is 42.6 Å². The van der Waals surface area contributed by atoms with Gasteiger partial charge in [-0.15, -0.1) is 0 Å². The molecule has 0 bridgehead atoms.